The van der Waals surface area contributed by atoms with Crippen LogP contribution >= 0.6 is 0 Å². The Bertz CT molecular complexity index is 508. The molecule has 4 nitrogen and oxygen atoms in total. The lowest BCUT2D eigenvalue weighted by Gasteiger charge is -2.11. The summed E-state index contributed by atoms with van der Waals surface area (Å²) >= 11 is 0. The van der Waals surface area contributed by atoms with E-state index >= 15 is 0 Å². The SMILES string of the molecule is CCOc1ccccc1OCc1occc1CNC. The zero-order valence-electron chi connectivity index (χ0n) is 11.3. The summed E-state index contributed by atoms with van der Waals surface area (Å²) < 4.78 is 16.7. The molecule has 0 spiro atoms. The molecule has 0 saturated carbocycles. The number of nitrogens with one attached hydrogen (secondary N) is 1. The highest BCUT2D eigenvalue weighted by Gasteiger charge is 2.08. The van der Waals surface area contributed by atoms with Crippen LogP contribution in [-0.4, -0.2) is 13.7 Å². The maximum absolute atomic E-state index is 5.77. The van der Waals surface area contributed by atoms with Gasteiger partial charge in [0.1, 0.15) is 12.4 Å². The molecular formula is C15H19NO3. The van der Waals surface area contributed by atoms with Crippen LogP contribution in [0.3, 0.4) is 0 Å². The van der Waals surface area contributed by atoms with E-state index in [1.54, 1.807) is 6.26 Å². The fourth-order valence-electron chi connectivity index (χ4n) is 1.83. The number of benzene rings is 1. The molecule has 0 unspecified atom stereocenters. The van der Waals surface area contributed by atoms with Gasteiger partial charge in [-0.2, -0.15) is 0 Å². The highest BCUT2D eigenvalue weighted by molar-refractivity contribution is 5.39. The molecule has 1 N–H and O–H groups in total. The van der Waals surface area contributed by atoms with Crippen molar-refractivity contribution < 1.29 is 13.9 Å². The molecule has 0 aliphatic rings. The first-order valence-electron chi connectivity index (χ1n) is 6.39. The van der Waals surface area contributed by atoms with Gasteiger partial charge in [0.05, 0.1) is 12.9 Å². The minimum Gasteiger partial charge on any atom is -0.490 e. The van der Waals surface area contributed by atoms with Gasteiger partial charge in [0.2, 0.25) is 0 Å². The van der Waals surface area contributed by atoms with E-state index < -0.39 is 0 Å². The quantitative estimate of drug-likeness (QED) is 0.832. The van der Waals surface area contributed by atoms with Gasteiger partial charge in [-0.25, -0.2) is 0 Å². The third-order valence-corrected chi connectivity index (χ3v) is 2.71. The van der Waals surface area contributed by atoms with E-state index in [1.807, 2.05) is 44.3 Å². The highest BCUT2D eigenvalue weighted by atomic mass is 16.5. The fourth-order valence-corrected chi connectivity index (χ4v) is 1.83. The maximum atomic E-state index is 5.77. The number of para-hydroxylation sites is 2. The molecule has 1 heterocycles. The van der Waals surface area contributed by atoms with Gasteiger partial charge < -0.3 is 19.2 Å². The summed E-state index contributed by atoms with van der Waals surface area (Å²) in [5, 5.41) is 3.10. The van der Waals surface area contributed by atoms with Gasteiger partial charge >= 0.3 is 0 Å². The normalized spacial score (nSPS) is 10.4. The van der Waals surface area contributed by atoms with Gasteiger partial charge in [0.25, 0.3) is 0 Å². The van der Waals surface area contributed by atoms with Crippen LogP contribution in [0.2, 0.25) is 0 Å². The summed E-state index contributed by atoms with van der Waals surface area (Å²) in [6.45, 7) is 3.73. The minimum absolute atomic E-state index is 0.397. The molecule has 0 atom stereocenters. The molecule has 0 aliphatic heterocycles. The van der Waals surface area contributed by atoms with Crippen LogP contribution in [0.1, 0.15) is 18.2 Å². The number of rotatable bonds is 7. The predicted molar refractivity (Wildman–Crippen MR) is 73.4 cm³/mol. The van der Waals surface area contributed by atoms with Crippen molar-refractivity contribution in [3.8, 4) is 11.5 Å². The Morgan fingerprint density at radius 1 is 1.11 bits per heavy atom. The van der Waals surface area contributed by atoms with E-state index in [4.69, 9.17) is 13.9 Å². The molecule has 2 rings (SSSR count). The minimum atomic E-state index is 0.397. The second kappa shape index (κ2) is 6.85. The number of hydrogen-bond donors (Lipinski definition) is 1. The Morgan fingerprint density at radius 2 is 1.84 bits per heavy atom. The van der Waals surface area contributed by atoms with Crippen LogP contribution < -0.4 is 14.8 Å². The van der Waals surface area contributed by atoms with Gasteiger partial charge in [-0.15, -0.1) is 0 Å². The Kier molecular flexibility index (Phi) is 4.86. The van der Waals surface area contributed by atoms with Crippen molar-refractivity contribution in [3.63, 3.8) is 0 Å². The maximum Gasteiger partial charge on any atom is 0.161 e. The molecule has 1 aromatic heterocycles. The van der Waals surface area contributed by atoms with E-state index in [0.29, 0.717) is 13.2 Å². The van der Waals surface area contributed by atoms with Crippen LogP contribution in [-0.2, 0) is 13.2 Å². The second-order valence-electron chi connectivity index (χ2n) is 4.07. The lowest BCUT2D eigenvalue weighted by Crippen LogP contribution is -2.07. The van der Waals surface area contributed by atoms with E-state index in [-0.39, 0.29) is 0 Å². The Morgan fingerprint density at radius 3 is 2.53 bits per heavy atom. The molecular weight excluding hydrogens is 242 g/mol. The lowest BCUT2D eigenvalue weighted by molar-refractivity contribution is 0.246. The summed E-state index contributed by atoms with van der Waals surface area (Å²) in [4.78, 5) is 0. The molecule has 0 bridgehead atoms. The van der Waals surface area contributed by atoms with Gasteiger partial charge in [-0.1, -0.05) is 12.1 Å². The van der Waals surface area contributed by atoms with Crippen molar-refractivity contribution >= 4 is 0 Å². The predicted octanol–water partition coefficient (Wildman–Crippen LogP) is 2.98. The number of hydrogen-bond acceptors (Lipinski definition) is 4. The third kappa shape index (κ3) is 3.51. The molecule has 19 heavy (non-hydrogen) atoms. The summed E-state index contributed by atoms with van der Waals surface area (Å²) in [7, 11) is 1.90. The Labute approximate surface area is 113 Å². The monoisotopic (exact) mass is 261 g/mol. The molecule has 2 aromatic rings. The highest BCUT2D eigenvalue weighted by Crippen LogP contribution is 2.27. The summed E-state index contributed by atoms with van der Waals surface area (Å²) in [6.07, 6.45) is 1.68. The smallest absolute Gasteiger partial charge is 0.161 e. The average molecular weight is 261 g/mol. The molecule has 1 aromatic carbocycles. The fraction of sp³-hybridized carbons (Fsp3) is 0.333. The van der Waals surface area contributed by atoms with Crippen LogP contribution in [0.25, 0.3) is 0 Å². The first-order valence-corrected chi connectivity index (χ1v) is 6.39. The van der Waals surface area contributed by atoms with Crippen molar-refractivity contribution in [2.45, 2.75) is 20.1 Å². The molecule has 4 heteroatoms. The van der Waals surface area contributed by atoms with E-state index in [1.165, 1.54) is 0 Å². The van der Waals surface area contributed by atoms with E-state index in [9.17, 15) is 0 Å². The van der Waals surface area contributed by atoms with Gasteiger partial charge in [-0.05, 0) is 32.2 Å². The van der Waals surface area contributed by atoms with Crippen molar-refractivity contribution in [2.75, 3.05) is 13.7 Å². The van der Waals surface area contributed by atoms with Crippen molar-refractivity contribution in [1.29, 1.82) is 0 Å². The van der Waals surface area contributed by atoms with Crippen molar-refractivity contribution in [1.82, 2.24) is 5.32 Å². The Hall–Kier alpha value is -1.94. The standard InChI is InChI=1S/C15H19NO3/c1-3-17-13-6-4-5-7-14(13)19-11-15-12(10-16-2)8-9-18-15/h4-9,16H,3,10-11H2,1-2H3. The Balaban J connectivity index is 2.03. The largest absolute Gasteiger partial charge is 0.490 e. The summed E-state index contributed by atoms with van der Waals surface area (Å²) in [5.41, 5.74) is 1.11. The molecule has 0 aliphatic carbocycles. The molecule has 0 amide bonds. The van der Waals surface area contributed by atoms with Gasteiger partial charge in [0.15, 0.2) is 11.5 Å². The number of ether oxygens (including phenoxy) is 2. The van der Waals surface area contributed by atoms with E-state index in [2.05, 4.69) is 5.32 Å². The first-order chi connectivity index (χ1) is 9.35. The van der Waals surface area contributed by atoms with Gasteiger partial charge in [-0.3, -0.25) is 0 Å². The molecule has 0 fully saturated rings. The zero-order valence-corrected chi connectivity index (χ0v) is 11.3. The van der Waals surface area contributed by atoms with Crippen LogP contribution in [0.15, 0.2) is 41.0 Å². The first kappa shape index (κ1) is 13.5. The molecule has 102 valence electrons. The summed E-state index contributed by atoms with van der Waals surface area (Å²) in [6, 6.07) is 9.59. The number of furan rings is 1. The molecule has 0 saturated heterocycles. The van der Waals surface area contributed by atoms with Crippen molar-refractivity contribution in [3.05, 3.63) is 47.9 Å². The molecule has 0 radical (unpaired) electrons. The topological polar surface area (TPSA) is 43.6 Å². The van der Waals surface area contributed by atoms with E-state index in [0.717, 1.165) is 29.4 Å². The van der Waals surface area contributed by atoms with Crippen LogP contribution in [0, 0.1) is 0 Å². The van der Waals surface area contributed by atoms with Crippen LogP contribution in [0.4, 0.5) is 0 Å². The second-order valence-corrected chi connectivity index (χ2v) is 4.07. The summed E-state index contributed by atoms with van der Waals surface area (Å²) in [5.74, 6) is 2.32. The zero-order chi connectivity index (χ0) is 13.5. The lowest BCUT2D eigenvalue weighted by atomic mass is 10.2. The van der Waals surface area contributed by atoms with Crippen LogP contribution in [0.5, 0.6) is 11.5 Å². The third-order valence-electron chi connectivity index (χ3n) is 2.71. The average Bonchev–Trinajstić information content (AvgIpc) is 2.86. The van der Waals surface area contributed by atoms with Gasteiger partial charge in [0, 0.05) is 12.1 Å². The van der Waals surface area contributed by atoms with Crippen molar-refractivity contribution in [2.24, 2.45) is 0 Å².